The second kappa shape index (κ2) is 6.29. The lowest BCUT2D eigenvalue weighted by Crippen LogP contribution is -2.31. The van der Waals surface area contributed by atoms with Crippen LogP contribution in [0.15, 0.2) is 18.2 Å². The molecule has 1 aliphatic carbocycles. The lowest BCUT2D eigenvalue weighted by Gasteiger charge is -2.21. The van der Waals surface area contributed by atoms with E-state index in [1.54, 1.807) is 6.07 Å². The van der Waals surface area contributed by atoms with Gasteiger partial charge in [0.25, 0.3) is 5.91 Å². The zero-order valence-corrected chi connectivity index (χ0v) is 12.3. The Bertz CT molecular complexity index is 548. The van der Waals surface area contributed by atoms with Crippen molar-refractivity contribution in [1.29, 1.82) is 0 Å². The molecule has 2 amide bonds. The van der Waals surface area contributed by atoms with Crippen LogP contribution in [0.5, 0.6) is 0 Å². The van der Waals surface area contributed by atoms with Crippen molar-refractivity contribution in [2.45, 2.75) is 44.9 Å². The summed E-state index contributed by atoms with van der Waals surface area (Å²) in [7, 11) is 0. The summed E-state index contributed by atoms with van der Waals surface area (Å²) >= 11 is 0. The van der Waals surface area contributed by atoms with Gasteiger partial charge in [-0.25, -0.2) is 0 Å². The number of amides is 2. The molecule has 112 valence electrons. The van der Waals surface area contributed by atoms with Crippen molar-refractivity contribution in [2.75, 3.05) is 11.9 Å². The Kier molecular flexibility index (Phi) is 4.23. The molecule has 0 radical (unpaired) electrons. The molecule has 1 saturated carbocycles. The molecule has 4 heteroatoms. The van der Waals surface area contributed by atoms with Crippen LogP contribution in [-0.2, 0) is 11.2 Å². The lowest BCUT2D eigenvalue weighted by molar-refractivity contribution is -0.117. The molecular weight excluding hydrogens is 264 g/mol. The smallest absolute Gasteiger partial charge is 0.251 e. The van der Waals surface area contributed by atoms with Gasteiger partial charge in [-0.1, -0.05) is 25.3 Å². The standard InChI is InChI=1S/C17H22N2O2/c20-16(10-12-4-2-1-3-5-12)19-14-7-6-13-8-9-18-17(21)15(13)11-14/h6-7,11-12H,1-5,8-10H2,(H,18,21)(H,19,20). The van der Waals surface area contributed by atoms with E-state index >= 15 is 0 Å². The molecule has 0 spiro atoms. The molecule has 1 heterocycles. The molecule has 3 rings (SSSR count). The van der Waals surface area contributed by atoms with E-state index in [9.17, 15) is 9.59 Å². The monoisotopic (exact) mass is 286 g/mol. The Labute approximate surface area is 125 Å². The van der Waals surface area contributed by atoms with Gasteiger partial charge in [-0.2, -0.15) is 0 Å². The molecule has 4 nitrogen and oxygen atoms in total. The van der Waals surface area contributed by atoms with Crippen molar-refractivity contribution in [3.8, 4) is 0 Å². The van der Waals surface area contributed by atoms with Crippen molar-refractivity contribution in [3.05, 3.63) is 29.3 Å². The Morgan fingerprint density at radius 2 is 2.05 bits per heavy atom. The van der Waals surface area contributed by atoms with E-state index in [2.05, 4.69) is 10.6 Å². The Hall–Kier alpha value is -1.84. The fourth-order valence-corrected chi connectivity index (χ4v) is 3.35. The largest absolute Gasteiger partial charge is 0.352 e. The molecule has 1 fully saturated rings. The maximum atomic E-state index is 12.1. The second-order valence-corrected chi connectivity index (χ2v) is 6.13. The minimum atomic E-state index is -0.0420. The summed E-state index contributed by atoms with van der Waals surface area (Å²) in [6.07, 6.45) is 7.59. The van der Waals surface area contributed by atoms with Gasteiger partial charge in [-0.15, -0.1) is 0 Å². The minimum absolute atomic E-state index is 0.0420. The summed E-state index contributed by atoms with van der Waals surface area (Å²) in [6, 6.07) is 5.64. The van der Waals surface area contributed by atoms with E-state index in [1.165, 1.54) is 32.1 Å². The molecule has 1 aliphatic heterocycles. The molecule has 0 atom stereocenters. The predicted molar refractivity (Wildman–Crippen MR) is 82.3 cm³/mol. The van der Waals surface area contributed by atoms with Crippen LogP contribution < -0.4 is 10.6 Å². The number of benzene rings is 1. The van der Waals surface area contributed by atoms with Gasteiger partial charge in [0.15, 0.2) is 0 Å². The van der Waals surface area contributed by atoms with Crippen molar-refractivity contribution in [2.24, 2.45) is 5.92 Å². The molecule has 0 aromatic heterocycles. The maximum Gasteiger partial charge on any atom is 0.251 e. The van der Waals surface area contributed by atoms with Crippen LogP contribution in [-0.4, -0.2) is 18.4 Å². The number of carbonyl (C=O) groups is 2. The van der Waals surface area contributed by atoms with Crippen LogP contribution >= 0.6 is 0 Å². The molecule has 0 unspecified atom stereocenters. The van der Waals surface area contributed by atoms with E-state index in [1.807, 2.05) is 12.1 Å². The van der Waals surface area contributed by atoms with Gasteiger partial charge >= 0.3 is 0 Å². The molecule has 21 heavy (non-hydrogen) atoms. The first-order valence-corrected chi connectivity index (χ1v) is 7.93. The third-order valence-corrected chi connectivity index (χ3v) is 4.52. The van der Waals surface area contributed by atoms with Gasteiger partial charge in [0.05, 0.1) is 0 Å². The number of nitrogens with one attached hydrogen (secondary N) is 2. The summed E-state index contributed by atoms with van der Waals surface area (Å²) in [5, 5.41) is 5.77. The Morgan fingerprint density at radius 3 is 2.86 bits per heavy atom. The highest BCUT2D eigenvalue weighted by atomic mass is 16.2. The Morgan fingerprint density at radius 1 is 1.24 bits per heavy atom. The van der Waals surface area contributed by atoms with Crippen molar-refractivity contribution in [3.63, 3.8) is 0 Å². The second-order valence-electron chi connectivity index (χ2n) is 6.13. The fraction of sp³-hybridized carbons (Fsp3) is 0.529. The van der Waals surface area contributed by atoms with E-state index in [0.717, 1.165) is 17.7 Å². The van der Waals surface area contributed by atoms with E-state index in [-0.39, 0.29) is 11.8 Å². The molecule has 1 aromatic carbocycles. The average molecular weight is 286 g/mol. The third-order valence-electron chi connectivity index (χ3n) is 4.52. The van der Waals surface area contributed by atoms with Gasteiger partial charge in [0, 0.05) is 24.2 Å². The van der Waals surface area contributed by atoms with E-state index in [4.69, 9.17) is 0 Å². The van der Waals surface area contributed by atoms with Crippen LogP contribution in [0.1, 0.15) is 54.4 Å². The highest BCUT2D eigenvalue weighted by molar-refractivity contribution is 5.99. The normalized spacial score (nSPS) is 18.8. The molecular formula is C17H22N2O2. The van der Waals surface area contributed by atoms with Gasteiger partial charge in [0.1, 0.15) is 0 Å². The van der Waals surface area contributed by atoms with Crippen LogP contribution in [0.2, 0.25) is 0 Å². The van der Waals surface area contributed by atoms with Gasteiger partial charge in [-0.05, 0) is 42.9 Å². The first-order valence-electron chi connectivity index (χ1n) is 7.93. The van der Waals surface area contributed by atoms with Crippen LogP contribution in [0.3, 0.4) is 0 Å². The van der Waals surface area contributed by atoms with Crippen molar-refractivity contribution >= 4 is 17.5 Å². The number of hydrogen-bond acceptors (Lipinski definition) is 2. The first-order chi connectivity index (χ1) is 10.2. The van der Waals surface area contributed by atoms with E-state index < -0.39 is 0 Å². The molecule has 0 saturated heterocycles. The summed E-state index contributed by atoms with van der Waals surface area (Å²) < 4.78 is 0. The zero-order chi connectivity index (χ0) is 14.7. The number of anilines is 1. The number of carbonyl (C=O) groups excluding carboxylic acids is 2. The summed E-state index contributed by atoms with van der Waals surface area (Å²) in [5.41, 5.74) is 2.48. The lowest BCUT2D eigenvalue weighted by atomic mass is 9.87. The quantitative estimate of drug-likeness (QED) is 0.897. The zero-order valence-electron chi connectivity index (χ0n) is 12.3. The van der Waals surface area contributed by atoms with Gasteiger partial charge in [-0.3, -0.25) is 9.59 Å². The predicted octanol–water partition coefficient (Wildman–Crippen LogP) is 2.88. The van der Waals surface area contributed by atoms with Crippen LogP contribution in [0.25, 0.3) is 0 Å². The third kappa shape index (κ3) is 3.43. The first kappa shape index (κ1) is 14.1. The highest BCUT2D eigenvalue weighted by Gasteiger charge is 2.19. The molecule has 2 aliphatic rings. The topological polar surface area (TPSA) is 58.2 Å². The number of fused-ring (bicyclic) bond motifs is 1. The minimum Gasteiger partial charge on any atom is -0.352 e. The fourth-order valence-electron chi connectivity index (χ4n) is 3.35. The average Bonchev–Trinajstić information content (AvgIpc) is 2.49. The van der Waals surface area contributed by atoms with Crippen LogP contribution in [0.4, 0.5) is 5.69 Å². The van der Waals surface area contributed by atoms with Crippen LogP contribution in [0, 0.1) is 5.92 Å². The maximum absolute atomic E-state index is 12.1. The molecule has 1 aromatic rings. The van der Waals surface area contributed by atoms with Crippen molar-refractivity contribution < 1.29 is 9.59 Å². The summed E-state index contributed by atoms with van der Waals surface area (Å²) in [4.78, 5) is 23.9. The number of rotatable bonds is 3. The van der Waals surface area contributed by atoms with E-state index in [0.29, 0.717) is 24.4 Å². The summed E-state index contributed by atoms with van der Waals surface area (Å²) in [6.45, 7) is 0.694. The highest BCUT2D eigenvalue weighted by Crippen LogP contribution is 2.27. The molecule has 0 bridgehead atoms. The van der Waals surface area contributed by atoms with Gasteiger partial charge in [0.2, 0.25) is 5.91 Å². The van der Waals surface area contributed by atoms with Crippen molar-refractivity contribution in [1.82, 2.24) is 5.32 Å². The van der Waals surface area contributed by atoms with Gasteiger partial charge < -0.3 is 10.6 Å². The SMILES string of the molecule is O=C(CC1CCCCC1)Nc1ccc2c(c1)C(=O)NCC2. The molecule has 2 N–H and O–H groups in total. The Balaban J connectivity index is 1.63. The number of hydrogen-bond donors (Lipinski definition) is 2. The summed E-state index contributed by atoms with van der Waals surface area (Å²) in [5.74, 6) is 0.553.